The first-order valence-electron chi connectivity index (χ1n) is 17.9. The molecule has 0 atom stereocenters. The van der Waals surface area contributed by atoms with Crippen LogP contribution >= 0.6 is 22.7 Å². The summed E-state index contributed by atoms with van der Waals surface area (Å²) in [5.74, 6) is 0. The zero-order valence-electron chi connectivity index (χ0n) is 27.8. The molecule has 236 valence electrons. The van der Waals surface area contributed by atoms with Crippen LogP contribution in [-0.4, -0.2) is 0 Å². The molecule has 2 aliphatic carbocycles. The van der Waals surface area contributed by atoms with E-state index in [1.54, 1.807) is 0 Å². The van der Waals surface area contributed by atoms with Crippen molar-refractivity contribution in [3.63, 3.8) is 0 Å². The zero-order chi connectivity index (χ0) is 31.8. The van der Waals surface area contributed by atoms with E-state index in [2.05, 4.69) is 122 Å². The second kappa shape index (κ2) is 13.1. The van der Waals surface area contributed by atoms with Crippen molar-refractivity contribution >= 4 is 22.7 Å². The van der Waals surface area contributed by atoms with Crippen LogP contribution in [0.2, 0.25) is 0 Å². The topological polar surface area (TPSA) is 0 Å². The average molecular weight is 649 g/mol. The molecule has 0 aliphatic heterocycles. The molecule has 0 saturated heterocycles. The van der Waals surface area contributed by atoms with Gasteiger partial charge in [-0.05, 0) is 127 Å². The fourth-order valence-corrected chi connectivity index (χ4v) is 10.2. The number of rotatable bonds is 12. The number of benzene rings is 4. The first-order chi connectivity index (χ1) is 23.2. The highest BCUT2D eigenvalue weighted by atomic mass is 32.1. The maximum absolute atomic E-state index is 2.54. The lowest BCUT2D eigenvalue weighted by Gasteiger charge is -2.31. The summed E-state index contributed by atoms with van der Waals surface area (Å²) in [5, 5.41) is 4.79. The van der Waals surface area contributed by atoms with E-state index in [9.17, 15) is 0 Å². The standard InChI is InChI=1S/C45H44S2/c1-3-5-7-9-15-31-25-43(46-29-31)33-21-23-37-35-17-11-13-19-39(35)45(41(37)27-33)40-20-14-12-18-36(40)38-24-22-34(28-42(38)45)44-26-32(30-47-44)16-10-8-6-4-2/h11-14,17-30H,3-10,15-16H2,1-2H3. The molecule has 6 aromatic rings. The van der Waals surface area contributed by atoms with E-state index in [1.807, 2.05) is 22.7 Å². The summed E-state index contributed by atoms with van der Waals surface area (Å²) in [5.41, 5.74) is 16.5. The Balaban J connectivity index is 1.25. The van der Waals surface area contributed by atoms with Crippen LogP contribution in [0.5, 0.6) is 0 Å². The molecule has 0 fully saturated rings. The average Bonchev–Trinajstić information content (AvgIpc) is 3.90. The molecule has 1 spiro atoms. The van der Waals surface area contributed by atoms with Crippen molar-refractivity contribution in [2.24, 2.45) is 0 Å². The van der Waals surface area contributed by atoms with Gasteiger partial charge in [-0.2, -0.15) is 0 Å². The zero-order valence-corrected chi connectivity index (χ0v) is 29.4. The van der Waals surface area contributed by atoms with Crippen LogP contribution in [0.3, 0.4) is 0 Å². The minimum atomic E-state index is -0.329. The van der Waals surface area contributed by atoms with Crippen molar-refractivity contribution < 1.29 is 0 Å². The van der Waals surface area contributed by atoms with Gasteiger partial charge in [-0.25, -0.2) is 0 Å². The van der Waals surface area contributed by atoms with Gasteiger partial charge < -0.3 is 0 Å². The van der Waals surface area contributed by atoms with Gasteiger partial charge in [-0.1, -0.05) is 125 Å². The number of hydrogen-bond acceptors (Lipinski definition) is 2. The summed E-state index contributed by atoms with van der Waals surface area (Å²) < 4.78 is 0. The van der Waals surface area contributed by atoms with Gasteiger partial charge in [-0.15, -0.1) is 22.7 Å². The Morgan fingerprint density at radius 1 is 0.447 bits per heavy atom. The second-order valence-corrected chi connectivity index (χ2v) is 15.4. The first kappa shape index (κ1) is 30.6. The molecular formula is C45H44S2. The van der Waals surface area contributed by atoms with E-state index < -0.39 is 0 Å². The third-order valence-electron chi connectivity index (χ3n) is 10.6. The van der Waals surface area contributed by atoms with Gasteiger partial charge in [0, 0.05) is 9.75 Å². The normalized spacial score (nSPS) is 13.5. The van der Waals surface area contributed by atoms with Gasteiger partial charge in [0.25, 0.3) is 0 Å². The maximum Gasteiger partial charge on any atom is 0.0725 e. The van der Waals surface area contributed by atoms with Crippen LogP contribution < -0.4 is 0 Å². The summed E-state index contributed by atoms with van der Waals surface area (Å²) in [6.07, 6.45) is 12.8. The van der Waals surface area contributed by atoms with Gasteiger partial charge in [0.15, 0.2) is 0 Å². The van der Waals surface area contributed by atoms with Gasteiger partial charge in [0.2, 0.25) is 0 Å². The predicted octanol–water partition coefficient (Wildman–Crippen LogP) is 13.7. The largest absolute Gasteiger partial charge is 0.144 e. The van der Waals surface area contributed by atoms with Crippen LogP contribution in [0.25, 0.3) is 43.1 Å². The summed E-state index contributed by atoms with van der Waals surface area (Å²) in [4.78, 5) is 2.77. The molecule has 2 aliphatic rings. The molecule has 2 heterocycles. The predicted molar refractivity (Wildman–Crippen MR) is 205 cm³/mol. The monoisotopic (exact) mass is 648 g/mol. The highest BCUT2D eigenvalue weighted by molar-refractivity contribution is 7.14. The lowest BCUT2D eigenvalue weighted by molar-refractivity contribution is 0.667. The SMILES string of the molecule is CCCCCCc1csc(-c2ccc3c(c2)C2(c4ccccc4-3)c3ccccc3-c3ccc(-c4cc(CCCCCC)cs4)cc32)c1. The van der Waals surface area contributed by atoms with Crippen LogP contribution in [0.1, 0.15) is 98.6 Å². The molecule has 0 unspecified atom stereocenters. The van der Waals surface area contributed by atoms with Crippen molar-refractivity contribution in [1.82, 2.24) is 0 Å². The van der Waals surface area contributed by atoms with Crippen molar-refractivity contribution in [2.75, 3.05) is 0 Å². The van der Waals surface area contributed by atoms with Crippen LogP contribution in [0, 0.1) is 0 Å². The quantitative estimate of drug-likeness (QED) is 0.116. The maximum atomic E-state index is 2.54. The van der Waals surface area contributed by atoms with E-state index in [0.29, 0.717) is 0 Å². The third kappa shape index (κ3) is 5.25. The molecular weight excluding hydrogens is 605 g/mol. The lowest BCUT2D eigenvalue weighted by Crippen LogP contribution is -2.26. The number of aryl methyl sites for hydroxylation is 2. The van der Waals surface area contributed by atoms with E-state index in [4.69, 9.17) is 0 Å². The fourth-order valence-electron chi connectivity index (χ4n) is 8.27. The van der Waals surface area contributed by atoms with E-state index in [1.165, 1.54) is 141 Å². The van der Waals surface area contributed by atoms with E-state index >= 15 is 0 Å². The summed E-state index contributed by atoms with van der Waals surface area (Å²) in [6, 6.07) is 37.9. The Hall–Kier alpha value is -3.72. The molecule has 0 N–H and O–H groups in total. The Morgan fingerprint density at radius 2 is 0.894 bits per heavy atom. The highest BCUT2D eigenvalue weighted by Gasteiger charge is 2.51. The summed E-state index contributed by atoms with van der Waals surface area (Å²) >= 11 is 3.82. The Kier molecular flexibility index (Phi) is 8.50. The minimum absolute atomic E-state index is 0.329. The lowest BCUT2D eigenvalue weighted by atomic mass is 9.70. The third-order valence-corrected chi connectivity index (χ3v) is 12.7. The molecule has 0 radical (unpaired) electrons. The summed E-state index contributed by atoms with van der Waals surface area (Å²) in [7, 11) is 0. The van der Waals surface area contributed by atoms with Gasteiger partial charge >= 0.3 is 0 Å². The minimum Gasteiger partial charge on any atom is -0.144 e. The van der Waals surface area contributed by atoms with Crippen LogP contribution in [0.4, 0.5) is 0 Å². The van der Waals surface area contributed by atoms with Gasteiger partial charge in [0.1, 0.15) is 0 Å². The Bertz CT molecular complexity index is 1890. The highest BCUT2D eigenvalue weighted by Crippen LogP contribution is 2.63. The van der Waals surface area contributed by atoms with E-state index in [0.717, 1.165) is 0 Å². The number of thiophene rings is 2. The molecule has 0 amide bonds. The van der Waals surface area contributed by atoms with Crippen LogP contribution in [-0.2, 0) is 18.3 Å². The molecule has 0 saturated carbocycles. The molecule has 47 heavy (non-hydrogen) atoms. The summed E-state index contributed by atoms with van der Waals surface area (Å²) in [6.45, 7) is 4.58. The van der Waals surface area contributed by atoms with Crippen molar-refractivity contribution in [3.05, 3.63) is 141 Å². The molecule has 2 aromatic heterocycles. The van der Waals surface area contributed by atoms with Crippen LogP contribution in [0.15, 0.2) is 108 Å². The molecule has 4 aromatic carbocycles. The van der Waals surface area contributed by atoms with E-state index in [-0.39, 0.29) is 5.41 Å². The van der Waals surface area contributed by atoms with Crippen molar-refractivity contribution in [1.29, 1.82) is 0 Å². The smallest absolute Gasteiger partial charge is 0.0725 e. The second-order valence-electron chi connectivity index (χ2n) is 13.6. The molecule has 0 nitrogen and oxygen atoms in total. The van der Waals surface area contributed by atoms with Crippen molar-refractivity contribution in [2.45, 2.75) is 83.5 Å². The Morgan fingerprint density at radius 3 is 1.36 bits per heavy atom. The van der Waals surface area contributed by atoms with Gasteiger partial charge in [-0.3, -0.25) is 0 Å². The molecule has 8 rings (SSSR count). The number of fused-ring (bicyclic) bond motifs is 10. The molecule has 2 heteroatoms. The fraction of sp³-hybridized carbons (Fsp3) is 0.289. The number of hydrogen-bond donors (Lipinski definition) is 0. The first-order valence-corrected chi connectivity index (χ1v) is 19.6. The Labute approximate surface area is 289 Å². The van der Waals surface area contributed by atoms with Gasteiger partial charge in [0.05, 0.1) is 5.41 Å². The van der Waals surface area contributed by atoms with Crippen molar-refractivity contribution in [3.8, 4) is 43.1 Å². The molecule has 0 bridgehead atoms. The number of unbranched alkanes of at least 4 members (excludes halogenated alkanes) is 6.